The Morgan fingerprint density at radius 3 is 2.92 bits per heavy atom. The normalized spacial score (nSPS) is 16.8. The van der Waals surface area contributed by atoms with Gasteiger partial charge in [-0.05, 0) is 44.7 Å². The fourth-order valence-electron chi connectivity index (χ4n) is 3.42. The summed E-state index contributed by atoms with van der Waals surface area (Å²) in [6.07, 6.45) is 4.57. The second-order valence-corrected chi connectivity index (χ2v) is 6.52. The zero-order chi connectivity index (χ0) is 18.5. The van der Waals surface area contributed by atoms with Crippen LogP contribution in [0, 0.1) is 18.3 Å². The van der Waals surface area contributed by atoms with Crippen LogP contribution in [0.3, 0.4) is 0 Å². The molecule has 1 unspecified atom stereocenters. The van der Waals surface area contributed by atoms with Gasteiger partial charge in [-0.2, -0.15) is 5.26 Å². The Labute approximate surface area is 153 Å². The highest BCUT2D eigenvalue weighted by atomic mass is 16.1. The summed E-state index contributed by atoms with van der Waals surface area (Å²) in [7, 11) is 0. The fourth-order valence-corrected chi connectivity index (χ4v) is 3.42. The van der Waals surface area contributed by atoms with Crippen molar-refractivity contribution < 1.29 is 4.79 Å². The number of carbonyl (C=O) groups excluding carboxylic acids is 1. The highest BCUT2D eigenvalue weighted by Gasteiger charge is 2.23. The number of para-hydroxylation sites is 1. The highest BCUT2D eigenvalue weighted by molar-refractivity contribution is 6.04. The number of amides is 1. The Morgan fingerprint density at radius 1 is 1.35 bits per heavy atom. The smallest absolute Gasteiger partial charge is 0.274 e. The molecule has 0 spiro atoms. The lowest BCUT2D eigenvalue weighted by Crippen LogP contribution is -2.40. The first-order chi connectivity index (χ1) is 12.6. The monoisotopic (exact) mass is 349 g/mol. The molecule has 6 heteroatoms. The van der Waals surface area contributed by atoms with Crippen molar-refractivity contribution in [1.29, 1.82) is 5.26 Å². The van der Waals surface area contributed by atoms with Gasteiger partial charge in [-0.15, -0.1) is 0 Å². The number of anilines is 2. The third-order valence-corrected chi connectivity index (χ3v) is 4.75. The Kier molecular flexibility index (Phi) is 5.47. The number of nitriles is 1. The van der Waals surface area contributed by atoms with Crippen molar-refractivity contribution in [2.24, 2.45) is 0 Å². The van der Waals surface area contributed by atoms with Crippen LogP contribution in [0.5, 0.6) is 0 Å². The molecule has 26 heavy (non-hydrogen) atoms. The van der Waals surface area contributed by atoms with Crippen molar-refractivity contribution in [3.63, 3.8) is 0 Å². The maximum Gasteiger partial charge on any atom is 0.274 e. The number of nitrogens with zero attached hydrogens (tertiary/aromatic N) is 4. The molecule has 1 saturated heterocycles. The highest BCUT2D eigenvalue weighted by Crippen LogP contribution is 2.26. The molecule has 1 atom stereocenters. The van der Waals surface area contributed by atoms with Crippen molar-refractivity contribution in [3.05, 3.63) is 47.4 Å². The number of carbonyl (C=O) groups is 1. The Hall–Kier alpha value is -2.94. The fraction of sp³-hybridized carbons (Fsp3) is 0.400. The molecule has 0 saturated carbocycles. The van der Waals surface area contributed by atoms with E-state index in [9.17, 15) is 10.1 Å². The van der Waals surface area contributed by atoms with E-state index >= 15 is 0 Å². The zero-order valence-electron chi connectivity index (χ0n) is 15.2. The van der Waals surface area contributed by atoms with Crippen LogP contribution in [0.4, 0.5) is 11.5 Å². The van der Waals surface area contributed by atoms with E-state index in [1.165, 1.54) is 6.42 Å². The Morgan fingerprint density at radius 2 is 2.15 bits per heavy atom. The Balaban J connectivity index is 1.87. The first-order valence-corrected chi connectivity index (χ1v) is 9.05. The van der Waals surface area contributed by atoms with E-state index in [1.54, 1.807) is 37.3 Å². The lowest BCUT2D eigenvalue weighted by Gasteiger charge is -2.36. The van der Waals surface area contributed by atoms with E-state index < -0.39 is 0 Å². The van der Waals surface area contributed by atoms with Gasteiger partial charge in [-0.3, -0.25) is 4.79 Å². The number of piperidine rings is 1. The van der Waals surface area contributed by atoms with Crippen molar-refractivity contribution in [2.45, 2.75) is 45.6 Å². The molecule has 1 aliphatic rings. The molecule has 1 fully saturated rings. The van der Waals surface area contributed by atoms with Crippen LogP contribution in [-0.4, -0.2) is 28.5 Å². The standard InChI is InChI=1S/C20H23N5O/c1-3-16-9-6-7-11-25(16)19-12-18(22-14(2)23-19)20(26)24-17-10-5-4-8-15(17)13-21/h4-5,8,10,12,16H,3,6-7,9,11H2,1-2H3,(H,24,26). The van der Waals surface area contributed by atoms with Gasteiger partial charge in [0.25, 0.3) is 5.91 Å². The van der Waals surface area contributed by atoms with Crippen LogP contribution in [0.1, 0.15) is 54.5 Å². The van der Waals surface area contributed by atoms with Crippen LogP contribution in [0.2, 0.25) is 0 Å². The first kappa shape index (κ1) is 17.9. The van der Waals surface area contributed by atoms with E-state index in [0.717, 1.165) is 31.6 Å². The summed E-state index contributed by atoms with van der Waals surface area (Å²) in [5, 5.41) is 12.0. The van der Waals surface area contributed by atoms with Gasteiger partial charge >= 0.3 is 0 Å². The molecule has 0 aliphatic carbocycles. The first-order valence-electron chi connectivity index (χ1n) is 9.05. The van der Waals surface area contributed by atoms with Gasteiger partial charge in [0, 0.05) is 18.7 Å². The van der Waals surface area contributed by atoms with Crippen LogP contribution < -0.4 is 10.2 Å². The molecule has 1 amide bonds. The SMILES string of the molecule is CCC1CCCCN1c1cc(C(=O)Nc2ccccc2C#N)nc(C)n1. The summed E-state index contributed by atoms with van der Waals surface area (Å²) in [5.41, 5.74) is 1.23. The van der Waals surface area contributed by atoms with E-state index in [4.69, 9.17) is 0 Å². The molecule has 6 nitrogen and oxygen atoms in total. The Bertz CT molecular complexity index is 842. The van der Waals surface area contributed by atoms with Gasteiger partial charge in [0.15, 0.2) is 0 Å². The van der Waals surface area contributed by atoms with Crippen LogP contribution in [0.25, 0.3) is 0 Å². The molecule has 0 radical (unpaired) electrons. The number of nitrogens with one attached hydrogen (secondary N) is 1. The van der Waals surface area contributed by atoms with Crippen LogP contribution in [-0.2, 0) is 0 Å². The van der Waals surface area contributed by atoms with Gasteiger partial charge < -0.3 is 10.2 Å². The summed E-state index contributed by atoms with van der Waals surface area (Å²) in [4.78, 5) is 23.8. The van der Waals surface area contributed by atoms with Gasteiger partial charge in [0.05, 0.1) is 11.3 Å². The van der Waals surface area contributed by atoms with E-state index in [1.807, 2.05) is 0 Å². The van der Waals surface area contributed by atoms with E-state index in [2.05, 4.69) is 33.2 Å². The predicted molar refractivity (Wildman–Crippen MR) is 101 cm³/mol. The predicted octanol–water partition coefficient (Wildman–Crippen LogP) is 3.68. The van der Waals surface area contributed by atoms with Crippen LogP contribution >= 0.6 is 0 Å². The van der Waals surface area contributed by atoms with Crippen molar-refractivity contribution in [2.75, 3.05) is 16.8 Å². The number of hydrogen-bond donors (Lipinski definition) is 1. The molecular formula is C20H23N5O. The number of rotatable bonds is 4. The molecule has 1 aliphatic heterocycles. The summed E-state index contributed by atoms with van der Waals surface area (Å²) in [6, 6.07) is 11.2. The average molecular weight is 349 g/mol. The third kappa shape index (κ3) is 3.83. The second kappa shape index (κ2) is 7.96. The summed E-state index contributed by atoms with van der Waals surface area (Å²) in [5.74, 6) is 1.05. The van der Waals surface area contributed by atoms with Crippen molar-refractivity contribution in [1.82, 2.24) is 9.97 Å². The molecule has 2 aromatic rings. The number of aromatic nitrogens is 2. The summed E-state index contributed by atoms with van der Waals surface area (Å²) < 4.78 is 0. The summed E-state index contributed by atoms with van der Waals surface area (Å²) >= 11 is 0. The summed E-state index contributed by atoms with van der Waals surface area (Å²) in [6.45, 7) is 4.94. The number of benzene rings is 1. The van der Waals surface area contributed by atoms with Crippen LogP contribution in [0.15, 0.2) is 30.3 Å². The van der Waals surface area contributed by atoms with Gasteiger partial charge in [-0.25, -0.2) is 9.97 Å². The molecule has 0 bridgehead atoms. The van der Waals surface area contributed by atoms with E-state index in [-0.39, 0.29) is 5.91 Å². The van der Waals surface area contributed by atoms with Gasteiger partial charge in [0.2, 0.25) is 0 Å². The minimum absolute atomic E-state index is 0.320. The molecule has 1 aromatic heterocycles. The van der Waals surface area contributed by atoms with Crippen molar-refractivity contribution in [3.8, 4) is 6.07 Å². The topological polar surface area (TPSA) is 81.9 Å². The minimum atomic E-state index is -0.329. The lowest BCUT2D eigenvalue weighted by molar-refractivity contribution is 0.102. The molecule has 3 rings (SSSR count). The molecule has 1 N–H and O–H groups in total. The third-order valence-electron chi connectivity index (χ3n) is 4.75. The van der Waals surface area contributed by atoms with Gasteiger partial charge in [-0.1, -0.05) is 19.1 Å². The molecule has 1 aromatic carbocycles. The zero-order valence-corrected chi connectivity index (χ0v) is 15.2. The maximum absolute atomic E-state index is 12.7. The molecule has 134 valence electrons. The maximum atomic E-state index is 12.7. The second-order valence-electron chi connectivity index (χ2n) is 6.52. The largest absolute Gasteiger partial charge is 0.354 e. The number of hydrogen-bond acceptors (Lipinski definition) is 5. The minimum Gasteiger partial charge on any atom is -0.354 e. The quantitative estimate of drug-likeness (QED) is 0.910. The number of aryl methyl sites for hydroxylation is 1. The lowest BCUT2D eigenvalue weighted by atomic mass is 10.00. The molecule has 2 heterocycles. The van der Waals surface area contributed by atoms with E-state index in [0.29, 0.717) is 28.8 Å². The van der Waals surface area contributed by atoms with Crippen molar-refractivity contribution >= 4 is 17.4 Å². The van der Waals surface area contributed by atoms with Gasteiger partial charge in [0.1, 0.15) is 23.4 Å². The molecular weight excluding hydrogens is 326 g/mol. The average Bonchev–Trinajstić information content (AvgIpc) is 2.67.